The van der Waals surface area contributed by atoms with Crippen molar-refractivity contribution >= 4 is 23.3 Å². The highest BCUT2D eigenvalue weighted by atomic mass is 35.5. The van der Waals surface area contributed by atoms with Gasteiger partial charge in [-0.3, -0.25) is 14.9 Å². The van der Waals surface area contributed by atoms with E-state index < -0.39 is 29.5 Å². The average Bonchev–Trinajstić information content (AvgIpc) is 2.37. The molecule has 1 rings (SSSR count). The van der Waals surface area contributed by atoms with Gasteiger partial charge in [-0.15, -0.1) is 0 Å². The summed E-state index contributed by atoms with van der Waals surface area (Å²) in [5, 5.41) is 30.0. The summed E-state index contributed by atoms with van der Waals surface area (Å²) in [6.45, 7) is 0. The van der Waals surface area contributed by atoms with Crippen molar-refractivity contribution in [2.24, 2.45) is 0 Å². The number of carbonyl (C=O) groups excluding carboxylic acids is 1. The molecule has 0 fully saturated rings. The van der Waals surface area contributed by atoms with Gasteiger partial charge in [0.05, 0.1) is 24.6 Å². The van der Waals surface area contributed by atoms with Gasteiger partial charge in [0.25, 0.3) is 5.69 Å². The molecule has 2 atom stereocenters. The van der Waals surface area contributed by atoms with Gasteiger partial charge >= 0.3 is 5.97 Å². The smallest absolute Gasteiger partial charge is 0.308 e. The number of methoxy groups -OCH3 is 1. The molecule has 1 aromatic carbocycles. The predicted octanol–water partition coefficient (Wildman–Crippen LogP) is 1.21. The van der Waals surface area contributed by atoms with Gasteiger partial charge in [0.2, 0.25) is 0 Å². The summed E-state index contributed by atoms with van der Waals surface area (Å²) in [7, 11) is 1.15. The van der Waals surface area contributed by atoms with E-state index in [2.05, 4.69) is 4.74 Å². The van der Waals surface area contributed by atoms with Gasteiger partial charge in [0.1, 0.15) is 11.1 Å². The zero-order chi connectivity index (χ0) is 14.6. The number of esters is 1. The molecule has 0 aromatic heterocycles. The van der Waals surface area contributed by atoms with E-state index >= 15 is 0 Å². The molecule has 8 heteroatoms. The van der Waals surface area contributed by atoms with Crippen LogP contribution in [0.5, 0.6) is 0 Å². The molecule has 2 unspecified atom stereocenters. The molecule has 0 amide bonds. The van der Waals surface area contributed by atoms with Crippen LogP contribution in [0.3, 0.4) is 0 Å². The van der Waals surface area contributed by atoms with E-state index in [1.54, 1.807) is 0 Å². The van der Waals surface area contributed by atoms with Gasteiger partial charge in [0.15, 0.2) is 0 Å². The van der Waals surface area contributed by atoms with Crippen LogP contribution in [-0.4, -0.2) is 34.3 Å². The average molecular weight is 290 g/mol. The van der Waals surface area contributed by atoms with Crippen LogP contribution >= 0.6 is 11.6 Å². The van der Waals surface area contributed by atoms with E-state index in [-0.39, 0.29) is 16.3 Å². The number of carbonyl (C=O) groups is 1. The number of benzene rings is 1. The number of hydrogen-bond acceptors (Lipinski definition) is 6. The summed E-state index contributed by atoms with van der Waals surface area (Å²) in [6, 6.07) is 3.62. The third kappa shape index (κ3) is 3.88. The first kappa shape index (κ1) is 15.4. The Balaban J connectivity index is 2.93. The number of ether oxygens (including phenoxy) is 1. The van der Waals surface area contributed by atoms with Gasteiger partial charge in [-0.05, 0) is 11.6 Å². The number of rotatable bonds is 5. The number of nitro groups is 1. The third-order valence-corrected chi connectivity index (χ3v) is 2.80. The molecule has 0 saturated carbocycles. The third-order valence-electron chi connectivity index (χ3n) is 2.48. The standard InChI is InChI=1S/C11H12ClNO6/c1-19-10(15)5-9(14)11(16)6-2-3-7(12)8(4-6)13(17)18/h2-4,9,11,14,16H,5H2,1H3. The Bertz CT molecular complexity index is 492. The number of nitrogens with zero attached hydrogens (tertiary/aromatic N) is 1. The lowest BCUT2D eigenvalue weighted by atomic mass is 10.0. The lowest BCUT2D eigenvalue weighted by molar-refractivity contribution is -0.384. The maximum absolute atomic E-state index is 11.0. The molecule has 0 aliphatic carbocycles. The van der Waals surface area contributed by atoms with Gasteiger partial charge in [0, 0.05) is 6.07 Å². The highest BCUT2D eigenvalue weighted by Gasteiger charge is 2.24. The number of aliphatic hydroxyl groups is 2. The van der Waals surface area contributed by atoms with Crippen LogP contribution in [0, 0.1) is 10.1 Å². The van der Waals surface area contributed by atoms with Crippen LogP contribution in [0.4, 0.5) is 5.69 Å². The molecule has 19 heavy (non-hydrogen) atoms. The van der Waals surface area contributed by atoms with Crippen molar-refractivity contribution in [3.05, 3.63) is 38.9 Å². The van der Waals surface area contributed by atoms with Crippen LogP contribution < -0.4 is 0 Å². The molecule has 0 aliphatic heterocycles. The number of nitro benzene ring substituents is 1. The van der Waals surface area contributed by atoms with Crippen LogP contribution in [0.15, 0.2) is 18.2 Å². The van der Waals surface area contributed by atoms with Gasteiger partial charge in [-0.2, -0.15) is 0 Å². The predicted molar refractivity (Wildman–Crippen MR) is 65.7 cm³/mol. The largest absolute Gasteiger partial charge is 0.469 e. The van der Waals surface area contributed by atoms with Crippen molar-refractivity contribution in [3.63, 3.8) is 0 Å². The molecular formula is C11H12ClNO6. The highest BCUT2D eigenvalue weighted by molar-refractivity contribution is 6.32. The lowest BCUT2D eigenvalue weighted by Gasteiger charge is -2.17. The molecule has 0 aliphatic rings. The zero-order valence-corrected chi connectivity index (χ0v) is 10.7. The SMILES string of the molecule is COC(=O)CC(O)C(O)c1ccc(Cl)c([N+](=O)[O-])c1. The van der Waals surface area contributed by atoms with E-state index in [1.807, 2.05) is 0 Å². The molecule has 0 heterocycles. The summed E-state index contributed by atoms with van der Waals surface area (Å²) in [5.74, 6) is -0.699. The fourth-order valence-electron chi connectivity index (χ4n) is 1.44. The Morgan fingerprint density at radius 2 is 2.16 bits per heavy atom. The molecule has 0 saturated heterocycles. The van der Waals surface area contributed by atoms with Crippen molar-refractivity contribution < 1.29 is 24.7 Å². The monoisotopic (exact) mass is 289 g/mol. The second kappa shape index (κ2) is 6.46. The second-order valence-electron chi connectivity index (χ2n) is 3.76. The van der Waals surface area contributed by atoms with Gasteiger partial charge < -0.3 is 14.9 Å². The maximum atomic E-state index is 11.0. The molecule has 2 N–H and O–H groups in total. The minimum absolute atomic E-state index is 0.0802. The summed E-state index contributed by atoms with van der Waals surface area (Å²) >= 11 is 5.62. The minimum Gasteiger partial charge on any atom is -0.469 e. The first-order valence-electron chi connectivity index (χ1n) is 5.23. The van der Waals surface area contributed by atoms with Crippen LogP contribution in [0.2, 0.25) is 5.02 Å². The zero-order valence-electron chi connectivity index (χ0n) is 9.95. The summed E-state index contributed by atoms with van der Waals surface area (Å²) in [6.07, 6.45) is -3.29. The Kier molecular flexibility index (Phi) is 5.22. The quantitative estimate of drug-likeness (QED) is 0.479. The van der Waals surface area contributed by atoms with E-state index in [4.69, 9.17) is 11.6 Å². The summed E-state index contributed by atoms with van der Waals surface area (Å²) in [4.78, 5) is 21.0. The maximum Gasteiger partial charge on any atom is 0.308 e. The molecule has 104 valence electrons. The Hall–Kier alpha value is -1.70. The second-order valence-corrected chi connectivity index (χ2v) is 4.17. The first-order chi connectivity index (χ1) is 8.86. The van der Waals surface area contributed by atoms with E-state index in [1.165, 1.54) is 12.1 Å². The van der Waals surface area contributed by atoms with Crippen molar-refractivity contribution in [1.82, 2.24) is 0 Å². The molecule has 1 aromatic rings. The van der Waals surface area contributed by atoms with Crippen molar-refractivity contribution in [2.45, 2.75) is 18.6 Å². The lowest BCUT2D eigenvalue weighted by Crippen LogP contribution is -2.22. The molecule has 0 bridgehead atoms. The van der Waals surface area contributed by atoms with E-state index in [0.29, 0.717) is 0 Å². The molecule has 0 spiro atoms. The van der Waals surface area contributed by atoms with Gasteiger partial charge in [-0.1, -0.05) is 17.7 Å². The Labute approximate surface area is 113 Å². The van der Waals surface area contributed by atoms with E-state index in [9.17, 15) is 25.1 Å². The van der Waals surface area contributed by atoms with E-state index in [0.717, 1.165) is 13.2 Å². The fraction of sp³-hybridized carbons (Fsp3) is 0.364. The molecular weight excluding hydrogens is 278 g/mol. The normalized spacial score (nSPS) is 13.7. The van der Waals surface area contributed by atoms with Crippen LogP contribution in [-0.2, 0) is 9.53 Å². The highest BCUT2D eigenvalue weighted by Crippen LogP contribution is 2.29. The number of aliphatic hydroxyl groups excluding tert-OH is 2. The topological polar surface area (TPSA) is 110 Å². The molecule has 7 nitrogen and oxygen atoms in total. The number of halogens is 1. The van der Waals surface area contributed by atoms with Crippen LogP contribution in [0.25, 0.3) is 0 Å². The van der Waals surface area contributed by atoms with Gasteiger partial charge in [-0.25, -0.2) is 0 Å². The Morgan fingerprint density at radius 1 is 1.53 bits per heavy atom. The Morgan fingerprint density at radius 3 is 2.68 bits per heavy atom. The van der Waals surface area contributed by atoms with Crippen LogP contribution in [0.1, 0.15) is 18.1 Å². The molecule has 0 radical (unpaired) electrons. The fourth-order valence-corrected chi connectivity index (χ4v) is 1.63. The minimum atomic E-state index is -1.45. The first-order valence-corrected chi connectivity index (χ1v) is 5.61. The van der Waals surface area contributed by atoms with Crippen molar-refractivity contribution in [1.29, 1.82) is 0 Å². The number of hydrogen-bond donors (Lipinski definition) is 2. The summed E-state index contributed by atoms with van der Waals surface area (Å²) in [5.41, 5.74) is -0.295. The van der Waals surface area contributed by atoms with Crippen molar-refractivity contribution in [3.8, 4) is 0 Å². The summed E-state index contributed by atoms with van der Waals surface area (Å²) < 4.78 is 4.35. The van der Waals surface area contributed by atoms with Crippen molar-refractivity contribution in [2.75, 3.05) is 7.11 Å².